The average Bonchev–Trinajstić information content (AvgIpc) is 2.21. The van der Waals surface area contributed by atoms with Crippen LogP contribution in [0.15, 0.2) is 18.2 Å². The molecule has 0 aliphatic heterocycles. The van der Waals surface area contributed by atoms with Crippen LogP contribution < -0.4 is 4.74 Å². The van der Waals surface area contributed by atoms with Gasteiger partial charge in [0.05, 0.1) is 5.56 Å². The van der Waals surface area contributed by atoms with Crippen LogP contribution in [-0.4, -0.2) is 12.3 Å². The number of rotatable bonds is 2. The zero-order valence-electron chi connectivity index (χ0n) is 7.91. The minimum atomic E-state index is -0.706. The summed E-state index contributed by atoms with van der Waals surface area (Å²) < 4.78 is 4.83. The van der Waals surface area contributed by atoms with E-state index in [1.807, 2.05) is 0 Å². The summed E-state index contributed by atoms with van der Waals surface area (Å²) in [5.74, 6) is 4.05. The molecule has 0 N–H and O–H groups in total. The predicted molar refractivity (Wildman–Crippen MR) is 55.9 cm³/mol. The highest BCUT2D eigenvalue weighted by Gasteiger charge is 2.07. The SMILES string of the molecule is CC#CC(=O)Oc1ccc(Cl)cc1C=O. The van der Waals surface area contributed by atoms with Crippen molar-refractivity contribution in [2.24, 2.45) is 0 Å². The van der Waals surface area contributed by atoms with Gasteiger partial charge in [-0.25, -0.2) is 4.79 Å². The molecule has 0 aromatic heterocycles. The van der Waals surface area contributed by atoms with E-state index in [9.17, 15) is 9.59 Å². The number of aldehydes is 1. The van der Waals surface area contributed by atoms with Crippen LogP contribution >= 0.6 is 11.6 Å². The highest BCUT2D eigenvalue weighted by atomic mass is 35.5. The molecule has 0 heterocycles. The summed E-state index contributed by atoms with van der Waals surface area (Å²) >= 11 is 5.67. The maximum atomic E-state index is 11.0. The number of halogens is 1. The molecule has 1 aromatic rings. The van der Waals surface area contributed by atoms with Crippen molar-refractivity contribution in [1.29, 1.82) is 0 Å². The zero-order chi connectivity index (χ0) is 11.3. The van der Waals surface area contributed by atoms with Crippen LogP contribution in [-0.2, 0) is 4.79 Å². The van der Waals surface area contributed by atoms with Crippen molar-refractivity contribution in [1.82, 2.24) is 0 Å². The van der Waals surface area contributed by atoms with Crippen molar-refractivity contribution in [2.45, 2.75) is 6.92 Å². The first kappa shape index (κ1) is 11.3. The first-order chi connectivity index (χ1) is 7.17. The van der Waals surface area contributed by atoms with Crippen LogP contribution in [0, 0.1) is 11.8 Å². The number of hydrogen-bond acceptors (Lipinski definition) is 3. The van der Waals surface area contributed by atoms with Crippen LogP contribution in [0.4, 0.5) is 0 Å². The van der Waals surface area contributed by atoms with E-state index in [1.54, 1.807) is 0 Å². The number of ether oxygens (including phenoxy) is 1. The van der Waals surface area contributed by atoms with Crippen LogP contribution in [0.1, 0.15) is 17.3 Å². The lowest BCUT2D eigenvalue weighted by Crippen LogP contribution is -2.06. The molecule has 4 heteroatoms. The Balaban J connectivity index is 2.97. The highest BCUT2D eigenvalue weighted by molar-refractivity contribution is 6.30. The van der Waals surface area contributed by atoms with Crippen LogP contribution in [0.25, 0.3) is 0 Å². The van der Waals surface area contributed by atoms with Gasteiger partial charge in [0.25, 0.3) is 0 Å². The van der Waals surface area contributed by atoms with E-state index in [0.29, 0.717) is 11.3 Å². The van der Waals surface area contributed by atoms with E-state index < -0.39 is 5.97 Å². The third kappa shape index (κ3) is 3.12. The second-order valence-corrected chi connectivity index (χ2v) is 3.00. The highest BCUT2D eigenvalue weighted by Crippen LogP contribution is 2.21. The van der Waals surface area contributed by atoms with Gasteiger partial charge in [-0.1, -0.05) is 17.5 Å². The quantitative estimate of drug-likeness (QED) is 0.253. The molecule has 0 aliphatic rings. The molecule has 0 amide bonds. The van der Waals surface area contributed by atoms with Gasteiger partial charge in [-0.2, -0.15) is 0 Å². The summed E-state index contributed by atoms with van der Waals surface area (Å²) in [5.41, 5.74) is 0.216. The molecule has 0 saturated carbocycles. The summed E-state index contributed by atoms with van der Waals surface area (Å²) in [6.45, 7) is 1.52. The van der Waals surface area contributed by atoms with Crippen molar-refractivity contribution < 1.29 is 14.3 Å². The molecule has 0 fully saturated rings. The molecule has 0 spiro atoms. The lowest BCUT2D eigenvalue weighted by Gasteiger charge is -2.03. The molecule has 1 rings (SSSR count). The normalized spacial score (nSPS) is 8.67. The fourth-order valence-electron chi connectivity index (χ4n) is 0.932. The molecule has 0 radical (unpaired) electrons. The third-order valence-corrected chi connectivity index (χ3v) is 1.76. The fraction of sp³-hybridized carbons (Fsp3) is 0.0909. The van der Waals surface area contributed by atoms with Crippen molar-refractivity contribution in [3.63, 3.8) is 0 Å². The maximum absolute atomic E-state index is 11.0. The lowest BCUT2D eigenvalue weighted by molar-refractivity contribution is -0.128. The third-order valence-electron chi connectivity index (χ3n) is 1.53. The van der Waals surface area contributed by atoms with E-state index in [-0.39, 0.29) is 11.3 Å². The Bertz CT molecular complexity index is 455. The Hall–Kier alpha value is -1.79. The Morgan fingerprint density at radius 2 is 2.27 bits per heavy atom. The van der Waals surface area contributed by atoms with Crippen molar-refractivity contribution in [3.05, 3.63) is 28.8 Å². The molecule has 0 unspecified atom stereocenters. The Morgan fingerprint density at radius 1 is 1.53 bits per heavy atom. The summed E-state index contributed by atoms with van der Waals surface area (Å²) in [5, 5.41) is 0.401. The molecular weight excluding hydrogens is 216 g/mol. The first-order valence-corrected chi connectivity index (χ1v) is 4.44. The van der Waals surface area contributed by atoms with Crippen molar-refractivity contribution >= 4 is 23.9 Å². The smallest absolute Gasteiger partial charge is 0.389 e. The first-order valence-electron chi connectivity index (χ1n) is 4.06. The van der Waals surface area contributed by atoms with E-state index in [1.165, 1.54) is 25.1 Å². The van der Waals surface area contributed by atoms with E-state index >= 15 is 0 Å². The number of hydrogen-bond donors (Lipinski definition) is 0. The summed E-state index contributed by atoms with van der Waals surface area (Å²) in [7, 11) is 0. The lowest BCUT2D eigenvalue weighted by atomic mass is 10.2. The molecule has 3 nitrogen and oxygen atoms in total. The van der Waals surface area contributed by atoms with Crippen LogP contribution in [0.2, 0.25) is 5.02 Å². The molecule has 15 heavy (non-hydrogen) atoms. The fourth-order valence-corrected chi connectivity index (χ4v) is 1.11. The minimum Gasteiger partial charge on any atom is -0.416 e. The molecular formula is C11H7ClO3. The van der Waals surface area contributed by atoms with Gasteiger partial charge in [-0.15, -0.1) is 0 Å². The maximum Gasteiger partial charge on any atom is 0.389 e. The zero-order valence-corrected chi connectivity index (χ0v) is 8.67. The number of carbonyl (C=O) groups excluding carboxylic acids is 2. The van der Waals surface area contributed by atoms with Gasteiger partial charge < -0.3 is 4.74 Å². The van der Waals surface area contributed by atoms with Crippen LogP contribution in [0.5, 0.6) is 5.75 Å². The standard InChI is InChI=1S/C11H7ClO3/c1-2-3-11(14)15-10-5-4-9(12)6-8(10)7-13/h4-7H,1H3. The van der Waals surface area contributed by atoms with Gasteiger partial charge in [-0.05, 0) is 25.1 Å². The number of esters is 1. The molecule has 0 bridgehead atoms. The second kappa shape index (κ2) is 5.18. The Morgan fingerprint density at radius 3 is 2.87 bits per heavy atom. The van der Waals surface area contributed by atoms with E-state index in [4.69, 9.17) is 16.3 Å². The van der Waals surface area contributed by atoms with Gasteiger partial charge in [-0.3, -0.25) is 4.79 Å². The minimum absolute atomic E-state index is 0.155. The van der Waals surface area contributed by atoms with Crippen molar-refractivity contribution in [2.75, 3.05) is 0 Å². The largest absolute Gasteiger partial charge is 0.416 e. The molecule has 0 saturated heterocycles. The summed E-state index contributed by atoms with van der Waals surface area (Å²) in [6.07, 6.45) is 0.563. The predicted octanol–water partition coefficient (Wildman–Crippen LogP) is 2.08. The topological polar surface area (TPSA) is 43.4 Å². The van der Waals surface area contributed by atoms with Gasteiger partial charge in [0.2, 0.25) is 0 Å². The molecule has 1 aromatic carbocycles. The van der Waals surface area contributed by atoms with Gasteiger partial charge in [0.15, 0.2) is 6.29 Å². The Labute approximate surface area is 92.0 Å². The molecule has 0 aliphatic carbocycles. The van der Waals surface area contributed by atoms with E-state index in [0.717, 1.165) is 0 Å². The average molecular weight is 223 g/mol. The molecule has 0 atom stereocenters. The second-order valence-electron chi connectivity index (χ2n) is 2.56. The van der Waals surface area contributed by atoms with Gasteiger partial charge >= 0.3 is 5.97 Å². The van der Waals surface area contributed by atoms with Crippen molar-refractivity contribution in [3.8, 4) is 17.6 Å². The van der Waals surface area contributed by atoms with Crippen LogP contribution in [0.3, 0.4) is 0 Å². The van der Waals surface area contributed by atoms with E-state index in [2.05, 4.69) is 11.8 Å². The molecule has 76 valence electrons. The monoisotopic (exact) mass is 222 g/mol. The van der Waals surface area contributed by atoms with Gasteiger partial charge in [0, 0.05) is 10.9 Å². The summed E-state index contributed by atoms with van der Waals surface area (Å²) in [4.78, 5) is 21.7. The van der Waals surface area contributed by atoms with Gasteiger partial charge in [0.1, 0.15) is 5.75 Å². The number of benzene rings is 1. The number of carbonyl (C=O) groups is 2. The summed E-state index contributed by atoms with van der Waals surface area (Å²) in [6, 6.07) is 4.38. The Kier molecular flexibility index (Phi) is 3.90.